The SMILES string of the molecule is CCCOc1ccc(C2/C(=C(/O)c3ccc(OCCC)c(C)c3)C(=O)C(=O)N2c2ccc(OC)cc2)cc1. The summed E-state index contributed by atoms with van der Waals surface area (Å²) in [5, 5.41) is 11.4. The average Bonchev–Trinajstić information content (AvgIpc) is 3.21. The average molecular weight is 516 g/mol. The maximum atomic E-state index is 13.4. The number of aliphatic hydroxyl groups excluding tert-OH is 1. The van der Waals surface area contributed by atoms with E-state index in [1.165, 1.54) is 4.90 Å². The van der Waals surface area contributed by atoms with Gasteiger partial charge in [0.2, 0.25) is 0 Å². The monoisotopic (exact) mass is 515 g/mol. The van der Waals surface area contributed by atoms with Crippen molar-refractivity contribution in [1.82, 2.24) is 0 Å². The third kappa shape index (κ3) is 5.37. The number of benzene rings is 3. The van der Waals surface area contributed by atoms with E-state index in [9.17, 15) is 14.7 Å². The van der Waals surface area contributed by atoms with Gasteiger partial charge in [-0.25, -0.2) is 0 Å². The summed E-state index contributed by atoms with van der Waals surface area (Å²) in [6.45, 7) is 7.10. The van der Waals surface area contributed by atoms with Crippen molar-refractivity contribution >= 4 is 23.1 Å². The number of hydrogen-bond donors (Lipinski definition) is 1. The molecule has 0 bridgehead atoms. The van der Waals surface area contributed by atoms with Gasteiger partial charge in [0, 0.05) is 11.3 Å². The smallest absolute Gasteiger partial charge is 0.300 e. The lowest BCUT2D eigenvalue weighted by Crippen LogP contribution is -2.29. The molecule has 0 radical (unpaired) electrons. The minimum atomic E-state index is -0.833. The number of carbonyl (C=O) groups is 2. The van der Waals surface area contributed by atoms with Gasteiger partial charge in [-0.05, 0) is 85.5 Å². The van der Waals surface area contributed by atoms with Crippen molar-refractivity contribution in [2.75, 3.05) is 25.2 Å². The van der Waals surface area contributed by atoms with Gasteiger partial charge in [-0.3, -0.25) is 14.5 Å². The van der Waals surface area contributed by atoms with Crippen LogP contribution in [0.25, 0.3) is 5.76 Å². The number of hydrogen-bond acceptors (Lipinski definition) is 6. The second-order valence-corrected chi connectivity index (χ2v) is 9.11. The lowest BCUT2D eigenvalue weighted by Gasteiger charge is -2.26. The highest BCUT2D eigenvalue weighted by atomic mass is 16.5. The second kappa shape index (κ2) is 11.9. The summed E-state index contributed by atoms with van der Waals surface area (Å²) in [6.07, 6.45) is 1.75. The highest BCUT2D eigenvalue weighted by molar-refractivity contribution is 6.51. The van der Waals surface area contributed by atoms with Crippen LogP contribution in [-0.4, -0.2) is 37.1 Å². The van der Waals surface area contributed by atoms with Crippen LogP contribution >= 0.6 is 0 Å². The Labute approximate surface area is 223 Å². The van der Waals surface area contributed by atoms with E-state index in [0.29, 0.717) is 47.3 Å². The molecule has 3 aromatic rings. The van der Waals surface area contributed by atoms with Crippen LogP contribution in [0, 0.1) is 6.92 Å². The van der Waals surface area contributed by atoms with Gasteiger partial charge in [0.25, 0.3) is 11.7 Å². The summed E-state index contributed by atoms with van der Waals surface area (Å²) in [6, 6.07) is 18.6. The molecular formula is C31H33NO6. The summed E-state index contributed by atoms with van der Waals surface area (Å²) in [4.78, 5) is 28.2. The molecule has 3 aromatic carbocycles. The fourth-order valence-corrected chi connectivity index (χ4v) is 4.45. The van der Waals surface area contributed by atoms with Crippen molar-refractivity contribution < 1.29 is 28.9 Å². The molecule has 198 valence electrons. The third-order valence-corrected chi connectivity index (χ3v) is 6.37. The van der Waals surface area contributed by atoms with Gasteiger partial charge in [0.05, 0.1) is 31.9 Å². The van der Waals surface area contributed by atoms with Gasteiger partial charge in [0.15, 0.2) is 0 Å². The van der Waals surface area contributed by atoms with Crippen LogP contribution in [0.5, 0.6) is 17.2 Å². The highest BCUT2D eigenvalue weighted by Gasteiger charge is 2.47. The molecule has 1 N–H and O–H groups in total. The van der Waals surface area contributed by atoms with Gasteiger partial charge < -0.3 is 19.3 Å². The molecule has 1 aliphatic heterocycles. The predicted octanol–water partition coefficient (Wildman–Crippen LogP) is 6.21. The van der Waals surface area contributed by atoms with E-state index in [0.717, 1.165) is 18.4 Å². The maximum Gasteiger partial charge on any atom is 0.300 e. The molecule has 0 aliphatic carbocycles. The Morgan fingerprint density at radius 3 is 2.11 bits per heavy atom. The Kier molecular flexibility index (Phi) is 8.36. The predicted molar refractivity (Wildman–Crippen MR) is 147 cm³/mol. The van der Waals surface area contributed by atoms with Crippen LogP contribution in [0.3, 0.4) is 0 Å². The number of methoxy groups -OCH3 is 1. The van der Waals surface area contributed by atoms with E-state index >= 15 is 0 Å². The van der Waals surface area contributed by atoms with E-state index in [1.807, 2.05) is 45.0 Å². The summed E-state index contributed by atoms with van der Waals surface area (Å²) >= 11 is 0. The largest absolute Gasteiger partial charge is 0.507 e. The second-order valence-electron chi connectivity index (χ2n) is 9.11. The van der Waals surface area contributed by atoms with Crippen LogP contribution in [0.1, 0.15) is 49.4 Å². The Morgan fingerprint density at radius 2 is 1.50 bits per heavy atom. The van der Waals surface area contributed by atoms with Crippen molar-refractivity contribution in [1.29, 1.82) is 0 Å². The Bertz CT molecular complexity index is 1330. The summed E-state index contributed by atoms with van der Waals surface area (Å²) in [5.41, 5.74) is 2.47. The minimum Gasteiger partial charge on any atom is -0.507 e. The first-order valence-corrected chi connectivity index (χ1v) is 12.8. The van der Waals surface area contributed by atoms with E-state index in [4.69, 9.17) is 14.2 Å². The number of ketones is 1. The fraction of sp³-hybridized carbons (Fsp3) is 0.290. The number of aryl methyl sites for hydroxylation is 1. The molecule has 1 heterocycles. The first-order chi connectivity index (χ1) is 18.4. The van der Waals surface area contributed by atoms with E-state index in [2.05, 4.69) is 0 Å². The molecule has 1 fully saturated rings. The van der Waals surface area contributed by atoms with Crippen LogP contribution in [0.15, 0.2) is 72.3 Å². The van der Waals surface area contributed by atoms with Crippen molar-refractivity contribution in [3.8, 4) is 17.2 Å². The maximum absolute atomic E-state index is 13.4. The quantitative estimate of drug-likeness (QED) is 0.196. The van der Waals surface area contributed by atoms with Gasteiger partial charge in [0.1, 0.15) is 23.0 Å². The summed E-state index contributed by atoms with van der Waals surface area (Å²) < 4.78 is 16.7. The molecule has 1 saturated heterocycles. The van der Waals surface area contributed by atoms with Crippen molar-refractivity contribution in [2.24, 2.45) is 0 Å². The normalized spacial score (nSPS) is 16.5. The Morgan fingerprint density at radius 1 is 0.868 bits per heavy atom. The molecule has 4 rings (SSSR count). The molecule has 38 heavy (non-hydrogen) atoms. The van der Waals surface area contributed by atoms with Crippen LogP contribution in [0.2, 0.25) is 0 Å². The summed E-state index contributed by atoms with van der Waals surface area (Å²) in [5.74, 6) is 0.323. The van der Waals surface area contributed by atoms with Crippen molar-refractivity contribution in [2.45, 2.75) is 39.7 Å². The molecule has 7 nitrogen and oxygen atoms in total. The third-order valence-electron chi connectivity index (χ3n) is 6.37. The standard InChI is InChI=1S/C31H33NO6/c1-5-17-37-25-12-7-21(8-13-25)28-27(29(33)22-9-16-26(20(3)19-22)38-18-6-2)30(34)31(35)32(28)23-10-14-24(36-4)15-11-23/h7-16,19,28,33H,5-6,17-18H2,1-4H3/b29-27-. The molecule has 0 spiro atoms. The summed E-state index contributed by atoms with van der Waals surface area (Å²) in [7, 11) is 1.56. The lowest BCUT2D eigenvalue weighted by atomic mass is 9.94. The van der Waals surface area contributed by atoms with E-state index in [1.54, 1.807) is 49.6 Å². The molecular weight excluding hydrogens is 482 g/mol. The zero-order valence-electron chi connectivity index (χ0n) is 22.2. The number of Topliss-reactive ketones (excluding diaryl/α,β-unsaturated/α-hetero) is 1. The molecule has 1 amide bonds. The van der Waals surface area contributed by atoms with Crippen LogP contribution in [0.4, 0.5) is 5.69 Å². The number of aliphatic hydroxyl groups is 1. The zero-order valence-corrected chi connectivity index (χ0v) is 22.2. The van der Waals surface area contributed by atoms with Crippen LogP contribution in [-0.2, 0) is 9.59 Å². The van der Waals surface area contributed by atoms with Gasteiger partial charge >= 0.3 is 0 Å². The number of anilines is 1. The number of rotatable bonds is 10. The Hall–Kier alpha value is -4.26. The Balaban J connectivity index is 1.83. The number of ether oxygens (including phenoxy) is 3. The van der Waals surface area contributed by atoms with Gasteiger partial charge in [-0.1, -0.05) is 26.0 Å². The van der Waals surface area contributed by atoms with Gasteiger partial charge in [-0.15, -0.1) is 0 Å². The number of amides is 1. The molecule has 0 saturated carbocycles. The minimum absolute atomic E-state index is 0.0228. The first-order valence-electron chi connectivity index (χ1n) is 12.8. The molecule has 0 aromatic heterocycles. The highest BCUT2D eigenvalue weighted by Crippen LogP contribution is 2.43. The van der Waals surface area contributed by atoms with Crippen molar-refractivity contribution in [3.05, 3.63) is 89.0 Å². The van der Waals surface area contributed by atoms with E-state index < -0.39 is 17.7 Å². The zero-order chi connectivity index (χ0) is 27.2. The van der Waals surface area contributed by atoms with Gasteiger partial charge in [-0.2, -0.15) is 0 Å². The molecule has 1 atom stereocenters. The molecule has 1 aliphatic rings. The van der Waals surface area contributed by atoms with Crippen LogP contribution < -0.4 is 19.1 Å². The number of carbonyl (C=O) groups excluding carboxylic acids is 2. The molecule has 1 unspecified atom stereocenters. The topological polar surface area (TPSA) is 85.3 Å². The number of nitrogens with zero attached hydrogens (tertiary/aromatic N) is 1. The first kappa shape index (κ1) is 26.8. The molecule has 7 heteroatoms. The van der Waals surface area contributed by atoms with Crippen molar-refractivity contribution in [3.63, 3.8) is 0 Å². The lowest BCUT2D eigenvalue weighted by molar-refractivity contribution is -0.132. The fourth-order valence-electron chi connectivity index (χ4n) is 4.45. The van der Waals surface area contributed by atoms with E-state index in [-0.39, 0.29) is 11.3 Å².